The molecule has 1 aromatic rings. The van der Waals surface area contributed by atoms with Gasteiger partial charge < -0.3 is 15.4 Å². The van der Waals surface area contributed by atoms with Crippen LogP contribution in [-0.4, -0.2) is 26.9 Å². The van der Waals surface area contributed by atoms with Crippen LogP contribution in [0.1, 0.15) is 0 Å². The highest BCUT2D eigenvalue weighted by molar-refractivity contribution is 6.35. The largest absolute Gasteiger partial charge is 0.480 e. The zero-order valence-corrected chi connectivity index (χ0v) is 10.1. The van der Waals surface area contributed by atoms with Gasteiger partial charge in [0, 0.05) is 14.1 Å². The molecule has 0 aliphatic rings. The molecule has 0 radical (unpaired) electrons. The van der Waals surface area contributed by atoms with E-state index in [1.807, 2.05) is 0 Å². The molecule has 0 saturated carbocycles. The molecule has 2 N–H and O–H groups in total. The number of benzene rings is 1. The Morgan fingerprint density at radius 2 is 1.94 bits per heavy atom. The highest BCUT2D eigenvalue weighted by Gasteiger charge is 2.29. The number of ether oxygens (including phenoxy) is 1. The van der Waals surface area contributed by atoms with Crippen LogP contribution < -0.4 is 15.4 Å². The predicted octanol–water partition coefficient (Wildman–Crippen LogP) is 2.93. The molecule has 0 bridgehead atoms. The molecule has 0 heterocycles. The summed E-state index contributed by atoms with van der Waals surface area (Å²) in [7, 11) is 3.34. The third-order valence-corrected chi connectivity index (χ3v) is 2.36. The van der Waals surface area contributed by atoms with E-state index >= 15 is 0 Å². The number of hydrogen-bond acceptors (Lipinski definition) is 3. The second-order valence-electron chi connectivity index (χ2n) is 3.62. The zero-order chi connectivity index (χ0) is 13.2. The van der Waals surface area contributed by atoms with Crippen LogP contribution in [0.3, 0.4) is 0 Å². The fourth-order valence-corrected chi connectivity index (χ4v) is 1.42. The smallest absolute Gasteiger partial charge is 0.422 e. The van der Waals surface area contributed by atoms with E-state index in [9.17, 15) is 13.2 Å². The topological polar surface area (TPSA) is 38.5 Å². The van der Waals surface area contributed by atoms with Crippen molar-refractivity contribution in [2.45, 2.75) is 6.18 Å². The Kier molecular flexibility index (Phi) is 3.98. The Balaban J connectivity index is 3.06. The molecule has 0 aliphatic heterocycles. The molecule has 0 unspecified atom stereocenters. The van der Waals surface area contributed by atoms with E-state index in [0.717, 1.165) is 0 Å². The Bertz CT molecular complexity index is 407. The predicted molar refractivity (Wildman–Crippen MR) is 61.7 cm³/mol. The maximum Gasteiger partial charge on any atom is 0.422 e. The van der Waals surface area contributed by atoms with Crippen molar-refractivity contribution in [2.75, 3.05) is 31.3 Å². The summed E-state index contributed by atoms with van der Waals surface area (Å²) in [6, 6.07) is 3.06. The van der Waals surface area contributed by atoms with Crippen LogP contribution in [0.25, 0.3) is 0 Å². The molecule has 0 saturated heterocycles. The number of hydrogen-bond donors (Lipinski definition) is 1. The van der Waals surface area contributed by atoms with Gasteiger partial charge in [-0.25, -0.2) is 0 Å². The molecule has 0 atom stereocenters. The third kappa shape index (κ3) is 3.59. The molecule has 17 heavy (non-hydrogen) atoms. The minimum Gasteiger partial charge on any atom is -0.480 e. The van der Waals surface area contributed by atoms with Crippen LogP contribution in [0.15, 0.2) is 12.1 Å². The van der Waals surface area contributed by atoms with Crippen molar-refractivity contribution >= 4 is 23.0 Å². The number of nitrogens with two attached hydrogens (primary N) is 1. The summed E-state index contributed by atoms with van der Waals surface area (Å²) in [5, 5.41) is -0.0135. The second kappa shape index (κ2) is 4.91. The molecule has 0 aliphatic carbocycles. The van der Waals surface area contributed by atoms with Gasteiger partial charge in [0.1, 0.15) is 5.02 Å². The molecular weight excluding hydrogens is 257 g/mol. The van der Waals surface area contributed by atoms with Gasteiger partial charge in [0.2, 0.25) is 0 Å². The minimum atomic E-state index is -4.42. The number of nitrogens with zero attached hydrogens (tertiary/aromatic N) is 1. The van der Waals surface area contributed by atoms with Gasteiger partial charge in [-0.1, -0.05) is 11.6 Å². The highest BCUT2D eigenvalue weighted by Crippen LogP contribution is 2.39. The van der Waals surface area contributed by atoms with Crippen LogP contribution in [0, 0.1) is 0 Å². The number of anilines is 2. The van der Waals surface area contributed by atoms with E-state index in [1.165, 1.54) is 6.07 Å². The average molecular weight is 269 g/mol. The maximum absolute atomic E-state index is 12.1. The SMILES string of the molecule is CN(C)c1ccc(N)c(Cl)c1OCC(F)(F)F. The van der Waals surface area contributed by atoms with Gasteiger partial charge >= 0.3 is 6.18 Å². The van der Waals surface area contributed by atoms with Crippen molar-refractivity contribution in [1.82, 2.24) is 0 Å². The van der Waals surface area contributed by atoms with E-state index in [0.29, 0.717) is 5.69 Å². The summed E-state index contributed by atoms with van der Waals surface area (Å²) in [5.41, 5.74) is 6.13. The minimum absolute atomic E-state index is 0.0135. The van der Waals surface area contributed by atoms with Crippen LogP contribution in [0.2, 0.25) is 5.02 Å². The molecule has 1 aromatic carbocycles. The first-order chi connectivity index (χ1) is 7.72. The van der Waals surface area contributed by atoms with Gasteiger partial charge in [0.05, 0.1) is 11.4 Å². The lowest BCUT2D eigenvalue weighted by Crippen LogP contribution is -2.21. The fraction of sp³-hybridized carbons (Fsp3) is 0.400. The standard InChI is InChI=1S/C10H12ClF3N2O/c1-16(2)7-4-3-6(15)8(11)9(7)17-5-10(12,13)14/h3-4H,5,15H2,1-2H3. The molecular formula is C10H12ClF3N2O. The monoisotopic (exact) mass is 268 g/mol. The van der Waals surface area contributed by atoms with Crippen molar-refractivity contribution in [3.05, 3.63) is 17.2 Å². The van der Waals surface area contributed by atoms with Gasteiger partial charge in [-0.05, 0) is 12.1 Å². The second-order valence-corrected chi connectivity index (χ2v) is 3.99. The number of nitrogen functional groups attached to an aromatic ring is 1. The molecule has 7 heteroatoms. The maximum atomic E-state index is 12.1. The normalized spacial score (nSPS) is 11.4. The summed E-state index contributed by atoms with van der Waals surface area (Å²) in [6.45, 7) is -1.41. The zero-order valence-electron chi connectivity index (χ0n) is 9.31. The summed E-state index contributed by atoms with van der Waals surface area (Å²) in [4.78, 5) is 1.59. The summed E-state index contributed by atoms with van der Waals surface area (Å²) >= 11 is 5.83. The Morgan fingerprint density at radius 1 is 1.35 bits per heavy atom. The summed E-state index contributed by atoms with van der Waals surface area (Å²) < 4.78 is 41.0. The van der Waals surface area contributed by atoms with E-state index in [1.54, 1.807) is 25.1 Å². The van der Waals surface area contributed by atoms with Gasteiger partial charge in [-0.15, -0.1) is 0 Å². The first-order valence-corrected chi connectivity index (χ1v) is 5.05. The van der Waals surface area contributed by atoms with Gasteiger partial charge in [-0.2, -0.15) is 13.2 Å². The molecule has 0 fully saturated rings. The van der Waals surface area contributed by atoms with Crippen LogP contribution >= 0.6 is 11.6 Å². The van der Waals surface area contributed by atoms with Crippen LogP contribution in [0.4, 0.5) is 24.5 Å². The van der Waals surface area contributed by atoms with Crippen LogP contribution in [-0.2, 0) is 0 Å². The van der Waals surface area contributed by atoms with Crippen molar-refractivity contribution in [2.24, 2.45) is 0 Å². The Labute approximate surface area is 102 Å². The average Bonchev–Trinajstić information content (AvgIpc) is 2.18. The molecule has 3 nitrogen and oxygen atoms in total. The fourth-order valence-electron chi connectivity index (χ4n) is 1.20. The van der Waals surface area contributed by atoms with E-state index in [4.69, 9.17) is 22.1 Å². The molecule has 0 aromatic heterocycles. The van der Waals surface area contributed by atoms with Crippen molar-refractivity contribution in [3.8, 4) is 5.75 Å². The van der Waals surface area contributed by atoms with E-state index in [-0.39, 0.29) is 16.5 Å². The number of alkyl halides is 3. The molecule has 96 valence electrons. The van der Waals surface area contributed by atoms with E-state index < -0.39 is 12.8 Å². The lowest BCUT2D eigenvalue weighted by atomic mass is 10.2. The van der Waals surface area contributed by atoms with Crippen molar-refractivity contribution < 1.29 is 17.9 Å². The molecule has 0 amide bonds. The summed E-state index contributed by atoms with van der Waals surface area (Å²) in [6.07, 6.45) is -4.42. The lowest BCUT2D eigenvalue weighted by Gasteiger charge is -2.20. The molecule has 0 spiro atoms. The van der Waals surface area contributed by atoms with E-state index in [2.05, 4.69) is 0 Å². The summed E-state index contributed by atoms with van der Waals surface area (Å²) in [5.74, 6) is -0.0611. The lowest BCUT2D eigenvalue weighted by molar-refractivity contribution is -0.153. The first kappa shape index (κ1) is 13.8. The highest BCUT2D eigenvalue weighted by atomic mass is 35.5. The number of rotatable bonds is 3. The van der Waals surface area contributed by atoms with Gasteiger partial charge in [0.25, 0.3) is 0 Å². The first-order valence-electron chi connectivity index (χ1n) is 4.67. The van der Waals surface area contributed by atoms with Crippen LogP contribution in [0.5, 0.6) is 5.75 Å². The van der Waals surface area contributed by atoms with Crippen molar-refractivity contribution in [1.29, 1.82) is 0 Å². The molecule has 1 rings (SSSR count). The Morgan fingerprint density at radius 3 is 2.41 bits per heavy atom. The number of halogens is 4. The van der Waals surface area contributed by atoms with Gasteiger partial charge in [0.15, 0.2) is 12.4 Å². The van der Waals surface area contributed by atoms with Crippen molar-refractivity contribution in [3.63, 3.8) is 0 Å². The Hall–Kier alpha value is -1.30. The van der Waals surface area contributed by atoms with Gasteiger partial charge in [-0.3, -0.25) is 0 Å². The third-order valence-electron chi connectivity index (χ3n) is 1.97. The quantitative estimate of drug-likeness (QED) is 0.857.